The van der Waals surface area contributed by atoms with Crippen LogP contribution in [0.3, 0.4) is 0 Å². The van der Waals surface area contributed by atoms with Gasteiger partial charge in [0.2, 0.25) is 0 Å². The lowest BCUT2D eigenvalue weighted by atomic mass is 10.3. The zero-order valence-corrected chi connectivity index (χ0v) is 11.0. The van der Waals surface area contributed by atoms with Crippen molar-refractivity contribution in [3.05, 3.63) is 11.8 Å². The fraction of sp³-hybridized carbons (Fsp3) is 0.667. The van der Waals surface area contributed by atoms with E-state index in [1.807, 2.05) is 6.92 Å². The van der Waals surface area contributed by atoms with Crippen molar-refractivity contribution in [3.8, 4) is 0 Å². The standard InChI is InChI=1S/C9H14ClN3O3S/c1-7-6-13(2-3-16-7)17(14,15)9-8(4-10)5-11-12-9/h5,7H,2-4,6H2,1H3,(H,11,12). The number of hydrogen-bond donors (Lipinski definition) is 1. The molecule has 1 aliphatic rings. The lowest BCUT2D eigenvalue weighted by molar-refractivity contribution is 0.0101. The summed E-state index contributed by atoms with van der Waals surface area (Å²) in [6.45, 7) is 2.96. The molecule has 0 aliphatic carbocycles. The van der Waals surface area contributed by atoms with Gasteiger partial charge in [-0.25, -0.2) is 8.42 Å². The van der Waals surface area contributed by atoms with Crippen LogP contribution in [0.4, 0.5) is 0 Å². The molecule has 17 heavy (non-hydrogen) atoms. The minimum absolute atomic E-state index is 0.0848. The van der Waals surface area contributed by atoms with Crippen molar-refractivity contribution >= 4 is 21.6 Å². The highest BCUT2D eigenvalue weighted by atomic mass is 35.5. The summed E-state index contributed by atoms with van der Waals surface area (Å²) in [5.74, 6) is 0.116. The number of hydrogen-bond acceptors (Lipinski definition) is 4. The first-order chi connectivity index (χ1) is 8.05. The zero-order valence-electron chi connectivity index (χ0n) is 9.39. The monoisotopic (exact) mass is 279 g/mol. The topological polar surface area (TPSA) is 75.3 Å². The Balaban J connectivity index is 2.30. The van der Waals surface area contributed by atoms with E-state index in [4.69, 9.17) is 16.3 Å². The van der Waals surface area contributed by atoms with Crippen LogP contribution in [0.25, 0.3) is 0 Å². The Kier molecular flexibility index (Phi) is 3.72. The van der Waals surface area contributed by atoms with Crippen molar-refractivity contribution in [2.75, 3.05) is 19.7 Å². The van der Waals surface area contributed by atoms with Crippen molar-refractivity contribution in [3.63, 3.8) is 0 Å². The van der Waals surface area contributed by atoms with E-state index in [1.54, 1.807) is 0 Å². The molecule has 1 aliphatic heterocycles. The molecule has 0 aromatic carbocycles. The Morgan fingerprint density at radius 3 is 3.12 bits per heavy atom. The second-order valence-corrected chi connectivity index (χ2v) is 6.04. The van der Waals surface area contributed by atoms with Crippen LogP contribution < -0.4 is 0 Å². The maximum atomic E-state index is 12.3. The number of ether oxygens (including phenoxy) is 1. The number of aromatic nitrogens is 2. The van der Waals surface area contributed by atoms with Gasteiger partial charge in [-0.15, -0.1) is 11.6 Å². The van der Waals surface area contributed by atoms with Crippen LogP contribution in [0, 0.1) is 0 Å². The molecule has 1 saturated heterocycles. The molecule has 2 heterocycles. The number of sulfonamides is 1. The quantitative estimate of drug-likeness (QED) is 0.820. The van der Waals surface area contributed by atoms with Gasteiger partial charge in [-0.05, 0) is 6.92 Å². The Bertz CT molecular complexity index is 487. The molecule has 1 N–H and O–H groups in total. The van der Waals surface area contributed by atoms with E-state index in [2.05, 4.69) is 10.2 Å². The van der Waals surface area contributed by atoms with Crippen LogP contribution in [-0.4, -0.2) is 48.7 Å². The summed E-state index contributed by atoms with van der Waals surface area (Å²) >= 11 is 5.68. The van der Waals surface area contributed by atoms with Crippen LogP contribution in [-0.2, 0) is 20.6 Å². The molecule has 0 bridgehead atoms. The average Bonchev–Trinajstić information content (AvgIpc) is 2.77. The van der Waals surface area contributed by atoms with E-state index >= 15 is 0 Å². The Labute approximate surface area is 105 Å². The fourth-order valence-corrected chi connectivity index (χ4v) is 3.64. The van der Waals surface area contributed by atoms with E-state index in [0.29, 0.717) is 25.3 Å². The van der Waals surface area contributed by atoms with E-state index in [9.17, 15) is 8.42 Å². The third-order valence-corrected chi connectivity index (χ3v) is 4.79. The summed E-state index contributed by atoms with van der Waals surface area (Å²) in [7, 11) is -3.54. The minimum Gasteiger partial charge on any atom is -0.376 e. The van der Waals surface area contributed by atoms with Gasteiger partial charge in [0.15, 0.2) is 5.03 Å². The molecular formula is C9H14ClN3O3S. The van der Waals surface area contributed by atoms with Crippen molar-refractivity contribution in [1.82, 2.24) is 14.5 Å². The normalized spacial score (nSPS) is 22.8. The average molecular weight is 280 g/mol. The van der Waals surface area contributed by atoms with E-state index in [1.165, 1.54) is 10.5 Å². The van der Waals surface area contributed by atoms with Gasteiger partial charge in [-0.3, -0.25) is 5.10 Å². The zero-order chi connectivity index (χ0) is 12.5. The molecule has 0 amide bonds. The SMILES string of the molecule is CC1CN(S(=O)(=O)c2[nH]ncc2CCl)CCO1. The molecule has 96 valence electrons. The fourth-order valence-electron chi connectivity index (χ4n) is 1.75. The van der Waals surface area contributed by atoms with Crippen LogP contribution in [0.2, 0.25) is 0 Å². The minimum atomic E-state index is -3.54. The Hall–Kier alpha value is -0.630. The van der Waals surface area contributed by atoms with Gasteiger partial charge < -0.3 is 4.74 Å². The number of morpholine rings is 1. The molecule has 1 aromatic rings. The highest BCUT2D eigenvalue weighted by molar-refractivity contribution is 7.89. The Morgan fingerprint density at radius 2 is 2.47 bits per heavy atom. The smallest absolute Gasteiger partial charge is 0.260 e. The van der Waals surface area contributed by atoms with Crippen molar-refractivity contribution in [2.45, 2.75) is 23.9 Å². The van der Waals surface area contributed by atoms with Gasteiger partial charge in [0.25, 0.3) is 10.0 Å². The van der Waals surface area contributed by atoms with E-state index in [0.717, 1.165) is 0 Å². The van der Waals surface area contributed by atoms with Crippen LogP contribution in [0.5, 0.6) is 0 Å². The number of alkyl halides is 1. The van der Waals surface area contributed by atoms with Crippen molar-refractivity contribution in [1.29, 1.82) is 0 Å². The molecule has 1 unspecified atom stereocenters. The van der Waals surface area contributed by atoms with Gasteiger partial charge in [-0.1, -0.05) is 0 Å². The summed E-state index contributed by atoms with van der Waals surface area (Å²) in [5.41, 5.74) is 0.491. The highest BCUT2D eigenvalue weighted by Crippen LogP contribution is 2.21. The maximum absolute atomic E-state index is 12.3. The largest absolute Gasteiger partial charge is 0.376 e. The molecule has 6 nitrogen and oxygen atoms in total. The highest BCUT2D eigenvalue weighted by Gasteiger charge is 2.31. The summed E-state index contributed by atoms with van der Waals surface area (Å²) in [6, 6.07) is 0. The number of H-pyrrole nitrogens is 1. The number of nitrogens with zero attached hydrogens (tertiary/aromatic N) is 2. The summed E-state index contributed by atoms with van der Waals surface area (Å²) in [6.07, 6.45) is 1.34. The third kappa shape index (κ3) is 2.47. The molecule has 1 aromatic heterocycles. The first-order valence-corrected chi connectivity index (χ1v) is 7.23. The second kappa shape index (κ2) is 4.93. The van der Waals surface area contributed by atoms with Gasteiger partial charge >= 0.3 is 0 Å². The van der Waals surface area contributed by atoms with E-state index in [-0.39, 0.29) is 17.0 Å². The predicted octanol–water partition coefficient (Wildman–Crippen LogP) is 0.558. The number of nitrogens with one attached hydrogen (secondary N) is 1. The molecule has 0 spiro atoms. The van der Waals surface area contributed by atoms with Crippen molar-refractivity contribution < 1.29 is 13.2 Å². The first-order valence-electron chi connectivity index (χ1n) is 5.25. The molecule has 2 rings (SSSR count). The molecule has 0 radical (unpaired) electrons. The summed E-state index contributed by atoms with van der Waals surface area (Å²) in [5, 5.41) is 6.32. The van der Waals surface area contributed by atoms with Crippen LogP contribution >= 0.6 is 11.6 Å². The van der Waals surface area contributed by atoms with Crippen molar-refractivity contribution in [2.24, 2.45) is 0 Å². The van der Waals surface area contributed by atoms with Crippen LogP contribution in [0.1, 0.15) is 12.5 Å². The van der Waals surface area contributed by atoms with E-state index < -0.39 is 10.0 Å². The first kappa shape index (κ1) is 12.8. The number of rotatable bonds is 3. The van der Waals surface area contributed by atoms with Crippen LogP contribution in [0.15, 0.2) is 11.2 Å². The second-order valence-electron chi connectivity index (χ2n) is 3.90. The van der Waals surface area contributed by atoms with Gasteiger partial charge in [0, 0.05) is 18.7 Å². The number of halogens is 1. The number of aromatic amines is 1. The molecule has 8 heteroatoms. The Morgan fingerprint density at radius 1 is 1.71 bits per heavy atom. The van der Waals surface area contributed by atoms with Gasteiger partial charge in [-0.2, -0.15) is 9.40 Å². The predicted molar refractivity (Wildman–Crippen MR) is 62.3 cm³/mol. The third-order valence-electron chi connectivity index (χ3n) is 2.62. The molecule has 1 fully saturated rings. The van der Waals surface area contributed by atoms with Gasteiger partial charge in [0.1, 0.15) is 0 Å². The summed E-state index contributed by atoms with van der Waals surface area (Å²) in [4.78, 5) is 0. The molecular weight excluding hydrogens is 266 g/mol. The lowest BCUT2D eigenvalue weighted by Crippen LogP contribution is -2.44. The maximum Gasteiger partial charge on any atom is 0.260 e. The van der Waals surface area contributed by atoms with Gasteiger partial charge in [0.05, 0.1) is 24.8 Å². The molecule has 1 atom stereocenters. The molecule has 0 saturated carbocycles. The lowest BCUT2D eigenvalue weighted by Gasteiger charge is -2.29. The summed E-state index contributed by atoms with van der Waals surface area (Å²) < 4.78 is 31.3.